The first-order chi connectivity index (χ1) is 8.29. The van der Waals surface area contributed by atoms with Gasteiger partial charge in [-0.2, -0.15) is 0 Å². The molecule has 17 heavy (non-hydrogen) atoms. The van der Waals surface area contributed by atoms with Gasteiger partial charge in [-0.25, -0.2) is 0 Å². The summed E-state index contributed by atoms with van der Waals surface area (Å²) in [7, 11) is 0. The zero-order valence-electron chi connectivity index (χ0n) is 10.4. The molecular formula is C14H21NOS. The highest BCUT2D eigenvalue weighted by Gasteiger charge is 2.11. The molecule has 2 nitrogen and oxygen atoms in total. The van der Waals surface area contributed by atoms with Crippen molar-refractivity contribution in [1.29, 1.82) is 0 Å². The lowest BCUT2D eigenvalue weighted by Crippen LogP contribution is -2.28. The maximum absolute atomic E-state index is 9.75. The van der Waals surface area contributed by atoms with Crippen LogP contribution in [0, 0.1) is 0 Å². The van der Waals surface area contributed by atoms with Crippen LogP contribution in [0.1, 0.15) is 24.5 Å². The van der Waals surface area contributed by atoms with Crippen molar-refractivity contribution < 1.29 is 5.11 Å². The van der Waals surface area contributed by atoms with Crippen LogP contribution in [0.25, 0.3) is 0 Å². The predicted molar refractivity (Wildman–Crippen MR) is 73.7 cm³/mol. The molecule has 0 fully saturated rings. The number of hydrogen-bond acceptors (Lipinski definition) is 3. The standard InChI is InChI=1S/C14H21NOS/c1-2-15-9-13(16)10-17-14-7-6-11-4-3-5-12(11)8-14/h6-8,13,15-16H,2-5,9-10H2,1H3. The SMILES string of the molecule is CCNCC(O)CSc1ccc2c(c1)CCC2. The predicted octanol–water partition coefficient (Wildman–Crippen LogP) is 2.24. The van der Waals surface area contributed by atoms with Crippen LogP contribution in [-0.2, 0) is 12.8 Å². The van der Waals surface area contributed by atoms with Gasteiger partial charge in [-0.05, 0) is 49.1 Å². The van der Waals surface area contributed by atoms with Gasteiger partial charge >= 0.3 is 0 Å². The summed E-state index contributed by atoms with van der Waals surface area (Å²) < 4.78 is 0. The first-order valence-electron chi connectivity index (χ1n) is 6.43. The van der Waals surface area contributed by atoms with Crippen molar-refractivity contribution in [2.45, 2.75) is 37.2 Å². The van der Waals surface area contributed by atoms with Crippen LogP contribution in [0.4, 0.5) is 0 Å². The third kappa shape index (κ3) is 3.73. The molecule has 0 amide bonds. The van der Waals surface area contributed by atoms with Gasteiger partial charge in [0.1, 0.15) is 0 Å². The van der Waals surface area contributed by atoms with Crippen LogP contribution in [0.15, 0.2) is 23.1 Å². The molecule has 3 heteroatoms. The van der Waals surface area contributed by atoms with E-state index in [0.717, 1.165) is 12.3 Å². The van der Waals surface area contributed by atoms with Gasteiger partial charge < -0.3 is 10.4 Å². The minimum Gasteiger partial charge on any atom is -0.391 e. The Morgan fingerprint density at radius 3 is 3.00 bits per heavy atom. The third-order valence-electron chi connectivity index (χ3n) is 3.14. The Labute approximate surface area is 108 Å². The summed E-state index contributed by atoms with van der Waals surface area (Å²) in [6.45, 7) is 3.66. The van der Waals surface area contributed by atoms with Gasteiger partial charge in [0.15, 0.2) is 0 Å². The lowest BCUT2D eigenvalue weighted by molar-refractivity contribution is 0.197. The van der Waals surface area contributed by atoms with E-state index in [1.54, 1.807) is 11.8 Å². The molecule has 1 aromatic rings. The molecule has 0 saturated heterocycles. The second kappa shape index (κ2) is 6.43. The number of nitrogens with one attached hydrogen (secondary N) is 1. The molecule has 0 aliphatic heterocycles. The van der Waals surface area contributed by atoms with E-state index < -0.39 is 0 Å². The number of likely N-dealkylation sites (N-methyl/N-ethyl adjacent to an activating group) is 1. The number of rotatable bonds is 6. The number of aliphatic hydroxyl groups is 1. The highest BCUT2D eigenvalue weighted by atomic mass is 32.2. The Kier molecular flexibility index (Phi) is 4.89. The fraction of sp³-hybridized carbons (Fsp3) is 0.571. The second-order valence-electron chi connectivity index (χ2n) is 4.56. The Morgan fingerprint density at radius 2 is 2.18 bits per heavy atom. The highest BCUT2D eigenvalue weighted by molar-refractivity contribution is 7.99. The van der Waals surface area contributed by atoms with Crippen molar-refractivity contribution >= 4 is 11.8 Å². The highest BCUT2D eigenvalue weighted by Crippen LogP contribution is 2.27. The molecule has 0 aromatic heterocycles. The molecule has 94 valence electrons. The van der Waals surface area contributed by atoms with Crippen molar-refractivity contribution in [1.82, 2.24) is 5.32 Å². The number of benzene rings is 1. The van der Waals surface area contributed by atoms with Crippen molar-refractivity contribution in [3.05, 3.63) is 29.3 Å². The molecule has 0 saturated carbocycles. The van der Waals surface area contributed by atoms with Crippen LogP contribution in [-0.4, -0.2) is 30.1 Å². The van der Waals surface area contributed by atoms with Crippen LogP contribution in [0.2, 0.25) is 0 Å². The first kappa shape index (κ1) is 12.9. The van der Waals surface area contributed by atoms with Gasteiger partial charge in [-0.1, -0.05) is 13.0 Å². The van der Waals surface area contributed by atoms with Gasteiger partial charge in [0.25, 0.3) is 0 Å². The summed E-state index contributed by atoms with van der Waals surface area (Å²) in [6, 6.07) is 6.74. The minimum atomic E-state index is -0.256. The van der Waals surface area contributed by atoms with Crippen LogP contribution < -0.4 is 5.32 Å². The normalized spacial score (nSPS) is 15.9. The fourth-order valence-electron chi connectivity index (χ4n) is 2.20. The topological polar surface area (TPSA) is 32.3 Å². The summed E-state index contributed by atoms with van der Waals surface area (Å²) >= 11 is 1.75. The zero-order valence-corrected chi connectivity index (χ0v) is 11.2. The molecule has 1 aliphatic carbocycles. The van der Waals surface area contributed by atoms with Crippen molar-refractivity contribution in [2.24, 2.45) is 0 Å². The van der Waals surface area contributed by atoms with Gasteiger partial charge in [-0.15, -0.1) is 11.8 Å². The Balaban J connectivity index is 1.83. The minimum absolute atomic E-state index is 0.256. The van der Waals surface area contributed by atoms with E-state index in [1.165, 1.54) is 35.3 Å². The Hall–Kier alpha value is -0.510. The van der Waals surface area contributed by atoms with E-state index in [0.29, 0.717) is 6.54 Å². The van der Waals surface area contributed by atoms with Gasteiger partial charge in [0.2, 0.25) is 0 Å². The van der Waals surface area contributed by atoms with Crippen molar-refractivity contribution in [2.75, 3.05) is 18.8 Å². The van der Waals surface area contributed by atoms with Gasteiger partial charge in [0, 0.05) is 17.2 Å². The lowest BCUT2D eigenvalue weighted by atomic mass is 10.1. The zero-order chi connectivity index (χ0) is 12.1. The number of hydrogen-bond donors (Lipinski definition) is 2. The van der Waals surface area contributed by atoms with Crippen molar-refractivity contribution in [3.63, 3.8) is 0 Å². The fourth-order valence-corrected chi connectivity index (χ4v) is 3.09. The Bertz CT molecular complexity index is 367. The molecule has 1 aliphatic rings. The molecule has 1 atom stereocenters. The second-order valence-corrected chi connectivity index (χ2v) is 5.65. The molecule has 2 rings (SSSR count). The van der Waals surface area contributed by atoms with Crippen LogP contribution >= 0.6 is 11.8 Å². The summed E-state index contributed by atoms with van der Waals surface area (Å²) in [4.78, 5) is 1.29. The van der Waals surface area contributed by atoms with E-state index in [-0.39, 0.29) is 6.10 Å². The molecule has 0 heterocycles. The monoisotopic (exact) mass is 251 g/mol. The van der Waals surface area contributed by atoms with Crippen LogP contribution in [0.3, 0.4) is 0 Å². The summed E-state index contributed by atoms with van der Waals surface area (Å²) in [5.74, 6) is 0.770. The van der Waals surface area contributed by atoms with Crippen LogP contribution in [0.5, 0.6) is 0 Å². The molecule has 0 bridgehead atoms. The average Bonchev–Trinajstić information content (AvgIpc) is 2.81. The summed E-state index contributed by atoms with van der Waals surface area (Å²) in [5.41, 5.74) is 3.03. The average molecular weight is 251 g/mol. The first-order valence-corrected chi connectivity index (χ1v) is 7.41. The van der Waals surface area contributed by atoms with E-state index in [2.05, 4.69) is 30.4 Å². The van der Waals surface area contributed by atoms with E-state index in [9.17, 15) is 5.11 Å². The Morgan fingerprint density at radius 1 is 1.35 bits per heavy atom. The molecule has 1 aromatic carbocycles. The molecular weight excluding hydrogens is 230 g/mol. The smallest absolute Gasteiger partial charge is 0.0758 e. The maximum Gasteiger partial charge on any atom is 0.0758 e. The molecule has 0 radical (unpaired) electrons. The quantitative estimate of drug-likeness (QED) is 0.761. The van der Waals surface area contributed by atoms with E-state index in [4.69, 9.17) is 0 Å². The van der Waals surface area contributed by atoms with E-state index in [1.807, 2.05) is 0 Å². The maximum atomic E-state index is 9.75. The largest absolute Gasteiger partial charge is 0.391 e. The molecule has 0 spiro atoms. The number of thioether (sulfide) groups is 1. The van der Waals surface area contributed by atoms with Crippen molar-refractivity contribution in [3.8, 4) is 0 Å². The molecule has 2 N–H and O–H groups in total. The molecule has 1 unspecified atom stereocenters. The summed E-state index contributed by atoms with van der Waals surface area (Å²) in [6.07, 6.45) is 3.51. The number of aliphatic hydroxyl groups excluding tert-OH is 1. The van der Waals surface area contributed by atoms with E-state index >= 15 is 0 Å². The summed E-state index contributed by atoms with van der Waals surface area (Å²) in [5, 5.41) is 12.9. The van der Waals surface area contributed by atoms with Gasteiger partial charge in [0.05, 0.1) is 6.10 Å². The van der Waals surface area contributed by atoms with Gasteiger partial charge in [-0.3, -0.25) is 0 Å². The third-order valence-corrected chi connectivity index (χ3v) is 4.28. The number of fused-ring (bicyclic) bond motifs is 1. The lowest BCUT2D eigenvalue weighted by Gasteiger charge is -2.11. The number of aryl methyl sites for hydroxylation is 2.